The summed E-state index contributed by atoms with van der Waals surface area (Å²) in [4.78, 5) is 28.5. The van der Waals surface area contributed by atoms with Gasteiger partial charge in [-0.2, -0.15) is 0 Å². The van der Waals surface area contributed by atoms with Gasteiger partial charge >= 0.3 is 0 Å². The van der Waals surface area contributed by atoms with E-state index in [-0.39, 0.29) is 11.9 Å². The van der Waals surface area contributed by atoms with Crippen molar-refractivity contribution in [2.45, 2.75) is 13.5 Å². The third-order valence-corrected chi connectivity index (χ3v) is 7.11. The van der Waals surface area contributed by atoms with Crippen LogP contribution in [0.2, 0.25) is 0 Å². The van der Waals surface area contributed by atoms with Crippen LogP contribution in [-0.2, 0) is 6.54 Å². The van der Waals surface area contributed by atoms with Gasteiger partial charge < -0.3 is 20.9 Å². The number of piperazine rings is 1. The van der Waals surface area contributed by atoms with Crippen LogP contribution in [0.1, 0.15) is 27.0 Å². The number of hydrogen-bond acceptors (Lipinski definition) is 7. The van der Waals surface area contributed by atoms with Crippen LogP contribution in [-0.4, -0.2) is 65.6 Å². The van der Waals surface area contributed by atoms with Gasteiger partial charge in [0.25, 0.3) is 5.91 Å². The number of aryl methyl sites for hydroxylation is 1. The Kier molecular flexibility index (Phi) is 10.1. The first-order chi connectivity index (χ1) is 19.4. The number of carbonyl (C=O) groups excluding carboxylic acids is 1. The van der Waals surface area contributed by atoms with Gasteiger partial charge in [0, 0.05) is 67.6 Å². The van der Waals surface area contributed by atoms with Gasteiger partial charge in [-0.1, -0.05) is 24.8 Å². The van der Waals surface area contributed by atoms with E-state index < -0.39 is 0 Å². The van der Waals surface area contributed by atoms with E-state index in [1.807, 2.05) is 61.5 Å². The summed E-state index contributed by atoms with van der Waals surface area (Å²) in [5.41, 5.74) is 11.3. The van der Waals surface area contributed by atoms with Crippen molar-refractivity contribution in [2.75, 3.05) is 49.4 Å². The second-order valence-corrected chi connectivity index (χ2v) is 10.0. The number of nitrogens with zero attached hydrogens (tertiary/aromatic N) is 5. The van der Waals surface area contributed by atoms with Gasteiger partial charge in [0.05, 0.1) is 11.7 Å². The maximum absolute atomic E-state index is 13.1. The number of hydrogen-bond donors (Lipinski definition) is 2. The van der Waals surface area contributed by atoms with Gasteiger partial charge in [-0.05, 0) is 73.8 Å². The molecule has 0 aliphatic carbocycles. The number of rotatable bonds is 10. The molecule has 3 aromatic rings. The third-order valence-electron chi connectivity index (χ3n) is 6.87. The number of benzene rings is 2. The van der Waals surface area contributed by atoms with Crippen LogP contribution < -0.4 is 16.0 Å². The minimum absolute atomic E-state index is 0.113. The van der Waals surface area contributed by atoms with Crippen LogP contribution in [0.25, 0.3) is 0 Å². The zero-order valence-corrected chi connectivity index (χ0v) is 23.8. The molecule has 0 bridgehead atoms. The highest BCUT2D eigenvalue weighted by Crippen LogP contribution is 2.28. The van der Waals surface area contributed by atoms with Crippen LogP contribution in [0.4, 0.5) is 11.4 Å². The molecule has 40 heavy (non-hydrogen) atoms. The summed E-state index contributed by atoms with van der Waals surface area (Å²) in [6.45, 7) is 11.3. The SMILES string of the molecule is C=C(/N=C(\C=C/N)c1cccnc1)N(CCl)c1cc(NC(=O)c2ccc(CN3CCN(C)CC3)cc2)ccc1C. The number of nitrogens with one attached hydrogen (secondary N) is 1. The lowest BCUT2D eigenvalue weighted by Crippen LogP contribution is -2.43. The highest BCUT2D eigenvalue weighted by molar-refractivity contribution is 6.19. The summed E-state index contributed by atoms with van der Waals surface area (Å²) in [5, 5.41) is 3.01. The van der Waals surface area contributed by atoms with Crippen molar-refractivity contribution in [3.05, 3.63) is 114 Å². The Morgan fingerprint density at radius 2 is 1.90 bits per heavy atom. The summed E-state index contributed by atoms with van der Waals surface area (Å²) < 4.78 is 0. The third kappa shape index (κ3) is 7.57. The van der Waals surface area contributed by atoms with E-state index in [0.717, 1.165) is 49.5 Å². The van der Waals surface area contributed by atoms with Crippen molar-refractivity contribution < 1.29 is 4.79 Å². The number of aromatic nitrogens is 1. The number of nitrogens with two attached hydrogens (primary N) is 1. The van der Waals surface area contributed by atoms with Crippen LogP contribution in [0, 0.1) is 6.92 Å². The molecule has 0 unspecified atom stereocenters. The lowest BCUT2D eigenvalue weighted by molar-refractivity contribution is 0.102. The summed E-state index contributed by atoms with van der Waals surface area (Å²) in [6.07, 6.45) is 6.51. The molecular weight excluding hydrogens is 522 g/mol. The lowest BCUT2D eigenvalue weighted by atomic mass is 10.1. The van der Waals surface area contributed by atoms with E-state index in [9.17, 15) is 4.79 Å². The zero-order valence-electron chi connectivity index (χ0n) is 23.1. The van der Waals surface area contributed by atoms with Crippen LogP contribution in [0.15, 0.2) is 96.7 Å². The summed E-state index contributed by atoms with van der Waals surface area (Å²) in [7, 11) is 2.15. The molecule has 2 heterocycles. The molecule has 1 saturated heterocycles. The first-order valence-electron chi connectivity index (χ1n) is 13.2. The molecule has 1 amide bonds. The van der Waals surface area contributed by atoms with Gasteiger partial charge in [-0.3, -0.25) is 14.7 Å². The maximum atomic E-state index is 13.1. The number of aliphatic imine (C=N–C) groups is 1. The average Bonchev–Trinajstić information content (AvgIpc) is 2.97. The molecule has 1 aliphatic heterocycles. The summed E-state index contributed by atoms with van der Waals surface area (Å²) in [5.74, 6) is 0.247. The smallest absolute Gasteiger partial charge is 0.255 e. The Labute approximate surface area is 241 Å². The fourth-order valence-corrected chi connectivity index (χ4v) is 4.75. The van der Waals surface area contributed by atoms with Crippen molar-refractivity contribution in [1.29, 1.82) is 0 Å². The predicted molar refractivity (Wildman–Crippen MR) is 165 cm³/mol. The van der Waals surface area contributed by atoms with E-state index in [1.165, 1.54) is 11.8 Å². The Bertz CT molecular complexity index is 1360. The van der Waals surface area contributed by atoms with Crippen LogP contribution in [0.5, 0.6) is 0 Å². The number of carbonyl (C=O) groups is 1. The second kappa shape index (κ2) is 13.9. The van der Waals surface area contributed by atoms with Crippen molar-refractivity contribution >= 4 is 34.6 Å². The molecule has 208 valence electrons. The number of pyridine rings is 1. The van der Waals surface area contributed by atoms with Gasteiger partial charge in [-0.25, -0.2) is 4.99 Å². The largest absolute Gasteiger partial charge is 0.405 e. The van der Waals surface area contributed by atoms with E-state index in [2.05, 4.69) is 38.7 Å². The fourth-order valence-electron chi connectivity index (χ4n) is 4.48. The molecule has 0 radical (unpaired) electrons. The molecule has 3 N–H and O–H groups in total. The van der Waals surface area contributed by atoms with E-state index >= 15 is 0 Å². The average molecular weight is 558 g/mol. The monoisotopic (exact) mass is 557 g/mol. The molecule has 0 spiro atoms. The number of amides is 1. The molecule has 1 fully saturated rings. The number of likely N-dealkylation sites (N-methyl/N-ethyl adjacent to an activating group) is 1. The van der Waals surface area contributed by atoms with E-state index in [0.29, 0.717) is 22.8 Å². The molecule has 1 aliphatic rings. The Hall–Kier alpha value is -3.98. The molecule has 1 aromatic heterocycles. The maximum Gasteiger partial charge on any atom is 0.255 e. The lowest BCUT2D eigenvalue weighted by Gasteiger charge is -2.32. The number of halogens is 1. The normalized spacial score (nSPS) is 14.8. The van der Waals surface area contributed by atoms with E-state index in [4.69, 9.17) is 17.3 Å². The highest BCUT2D eigenvalue weighted by atomic mass is 35.5. The number of anilines is 2. The van der Waals surface area contributed by atoms with Crippen molar-refractivity contribution in [3.63, 3.8) is 0 Å². The molecular formula is C31H36ClN7O. The standard InChI is InChI=1S/C31H36ClN7O/c1-23-6-11-28(36-31(40)26-9-7-25(8-10-26)21-38-17-15-37(3)16-18-38)19-30(23)39(22-32)24(2)35-29(12-13-33)27-5-4-14-34-20-27/h4-14,19-20H,2,15-18,21-22,33H2,1,3H3,(H,36,40)/b13-12-,35-29+. The molecule has 9 heteroatoms. The Morgan fingerprint density at radius 3 is 2.55 bits per heavy atom. The summed E-state index contributed by atoms with van der Waals surface area (Å²) >= 11 is 6.37. The fraction of sp³-hybridized carbons (Fsp3) is 0.258. The number of alkyl halides is 1. The first kappa shape index (κ1) is 29.0. The summed E-state index contributed by atoms with van der Waals surface area (Å²) in [6, 6.07) is 17.3. The van der Waals surface area contributed by atoms with Gasteiger partial charge in [0.1, 0.15) is 5.82 Å². The quantitative estimate of drug-likeness (QED) is 0.211. The predicted octanol–water partition coefficient (Wildman–Crippen LogP) is 4.83. The molecule has 0 saturated carbocycles. The molecule has 2 aromatic carbocycles. The zero-order chi connectivity index (χ0) is 28.5. The van der Waals surface area contributed by atoms with Crippen molar-refractivity contribution in [1.82, 2.24) is 14.8 Å². The first-order valence-corrected chi connectivity index (χ1v) is 13.7. The topological polar surface area (TPSA) is 90.1 Å². The molecule has 4 rings (SSSR count). The van der Waals surface area contributed by atoms with Gasteiger partial charge in [0.15, 0.2) is 0 Å². The Balaban J connectivity index is 1.47. The van der Waals surface area contributed by atoms with Crippen LogP contribution >= 0.6 is 11.6 Å². The minimum Gasteiger partial charge on any atom is -0.405 e. The highest BCUT2D eigenvalue weighted by Gasteiger charge is 2.16. The molecule has 0 atom stereocenters. The van der Waals surface area contributed by atoms with Crippen molar-refractivity contribution in [3.8, 4) is 0 Å². The van der Waals surface area contributed by atoms with Gasteiger partial charge in [-0.15, -0.1) is 11.6 Å². The Morgan fingerprint density at radius 1 is 1.15 bits per heavy atom. The second-order valence-electron chi connectivity index (χ2n) is 9.79. The van der Waals surface area contributed by atoms with Crippen LogP contribution in [0.3, 0.4) is 0 Å². The number of allylic oxidation sites excluding steroid dienone is 1. The van der Waals surface area contributed by atoms with Gasteiger partial charge in [0.2, 0.25) is 0 Å². The molecule has 8 nitrogen and oxygen atoms in total. The van der Waals surface area contributed by atoms with Crippen molar-refractivity contribution in [2.24, 2.45) is 10.7 Å². The minimum atomic E-state index is -0.179. The van der Waals surface area contributed by atoms with E-state index in [1.54, 1.807) is 23.4 Å².